The second-order valence-corrected chi connectivity index (χ2v) is 6.16. The van der Waals surface area contributed by atoms with Gasteiger partial charge in [-0.15, -0.1) is 0 Å². The first kappa shape index (κ1) is 14.0. The number of nitrogens with zero attached hydrogens (tertiary/aromatic N) is 3. The summed E-state index contributed by atoms with van der Waals surface area (Å²) < 4.78 is 7.16. The number of amides is 2. The van der Waals surface area contributed by atoms with E-state index in [-0.39, 0.29) is 12.0 Å². The van der Waals surface area contributed by atoms with E-state index in [0.717, 1.165) is 18.4 Å². The summed E-state index contributed by atoms with van der Waals surface area (Å²) in [4.78, 5) is 26.0. The first-order valence-electron chi connectivity index (χ1n) is 7.85. The van der Waals surface area contributed by atoms with E-state index in [1.807, 2.05) is 29.3 Å². The van der Waals surface area contributed by atoms with Crippen molar-refractivity contribution in [2.45, 2.75) is 24.9 Å². The van der Waals surface area contributed by atoms with Crippen molar-refractivity contribution in [3.63, 3.8) is 0 Å². The number of nitrogens with one attached hydrogen (secondary N) is 1. The third-order valence-corrected chi connectivity index (χ3v) is 4.71. The molecule has 4 rings (SSSR count). The number of rotatable bonds is 1. The maximum atomic E-state index is 12.8. The molecule has 2 aliphatic heterocycles. The number of fused-ring (bicyclic) bond motifs is 1. The largest absolute Gasteiger partial charge is 0.441 e. The van der Waals surface area contributed by atoms with Gasteiger partial charge in [-0.05, 0) is 25.0 Å². The highest BCUT2D eigenvalue weighted by Gasteiger charge is 2.42. The van der Waals surface area contributed by atoms with E-state index in [1.165, 1.54) is 0 Å². The van der Waals surface area contributed by atoms with Gasteiger partial charge in [0.2, 0.25) is 0 Å². The van der Waals surface area contributed by atoms with Crippen molar-refractivity contribution < 1.29 is 14.3 Å². The highest BCUT2D eigenvalue weighted by molar-refractivity contribution is 6.00. The van der Waals surface area contributed by atoms with Crippen molar-refractivity contribution in [1.82, 2.24) is 19.8 Å². The van der Waals surface area contributed by atoms with E-state index < -0.39 is 5.60 Å². The van der Waals surface area contributed by atoms with Crippen LogP contribution in [0.15, 0.2) is 30.6 Å². The van der Waals surface area contributed by atoms with E-state index in [0.29, 0.717) is 31.6 Å². The predicted octanol–water partition coefficient (Wildman–Crippen LogP) is 1.44. The molecule has 2 amide bonds. The lowest BCUT2D eigenvalue weighted by Gasteiger charge is -2.24. The zero-order chi connectivity index (χ0) is 15.9. The van der Waals surface area contributed by atoms with Crippen molar-refractivity contribution in [2.75, 3.05) is 19.6 Å². The number of hydrogen-bond donors (Lipinski definition) is 1. The summed E-state index contributed by atoms with van der Waals surface area (Å²) in [6.07, 6.45) is 5.36. The highest BCUT2D eigenvalue weighted by atomic mass is 16.6. The number of carbonyl (C=O) groups is 2. The molecular weight excluding hydrogens is 296 g/mol. The SMILES string of the molecule is O=C1NC[C@@]2(CCCN(C(=O)c3cnn4ccccc34)CC2)O1. The van der Waals surface area contributed by atoms with E-state index in [4.69, 9.17) is 4.74 Å². The summed E-state index contributed by atoms with van der Waals surface area (Å²) in [6, 6.07) is 5.67. The van der Waals surface area contributed by atoms with E-state index in [1.54, 1.807) is 10.7 Å². The average molecular weight is 314 g/mol. The van der Waals surface area contributed by atoms with Gasteiger partial charge in [0.05, 0.1) is 23.8 Å². The highest BCUT2D eigenvalue weighted by Crippen LogP contribution is 2.30. The molecule has 2 aromatic heterocycles. The minimum absolute atomic E-state index is 0.0134. The topological polar surface area (TPSA) is 75.9 Å². The van der Waals surface area contributed by atoms with Gasteiger partial charge in [0.1, 0.15) is 5.60 Å². The fourth-order valence-corrected chi connectivity index (χ4v) is 3.42. The quantitative estimate of drug-likeness (QED) is 0.864. The molecule has 1 spiro atoms. The van der Waals surface area contributed by atoms with Gasteiger partial charge in [-0.2, -0.15) is 5.10 Å². The van der Waals surface area contributed by atoms with Crippen LogP contribution in [0.25, 0.3) is 5.52 Å². The van der Waals surface area contributed by atoms with E-state index >= 15 is 0 Å². The molecular formula is C16H18N4O3. The Morgan fingerprint density at radius 3 is 3.04 bits per heavy atom. The minimum atomic E-state index is -0.451. The predicted molar refractivity (Wildman–Crippen MR) is 82.2 cm³/mol. The molecule has 0 saturated carbocycles. The van der Waals surface area contributed by atoms with Gasteiger partial charge in [-0.25, -0.2) is 9.31 Å². The zero-order valence-electron chi connectivity index (χ0n) is 12.7. The summed E-state index contributed by atoms with van der Waals surface area (Å²) in [5, 5.41) is 6.95. The van der Waals surface area contributed by atoms with Crippen LogP contribution in [0.4, 0.5) is 4.79 Å². The van der Waals surface area contributed by atoms with Crippen molar-refractivity contribution in [3.05, 3.63) is 36.2 Å². The maximum absolute atomic E-state index is 12.8. The molecule has 120 valence electrons. The Morgan fingerprint density at radius 2 is 2.22 bits per heavy atom. The van der Waals surface area contributed by atoms with Crippen LogP contribution < -0.4 is 5.32 Å². The van der Waals surface area contributed by atoms with Crippen LogP contribution in [0.1, 0.15) is 29.6 Å². The van der Waals surface area contributed by atoms with Crippen LogP contribution in [-0.4, -0.2) is 51.7 Å². The van der Waals surface area contributed by atoms with Crippen LogP contribution in [0.3, 0.4) is 0 Å². The molecule has 2 aliphatic rings. The Bertz CT molecular complexity index is 772. The molecule has 7 heteroatoms. The van der Waals surface area contributed by atoms with E-state index in [9.17, 15) is 9.59 Å². The second-order valence-electron chi connectivity index (χ2n) is 6.16. The Kier molecular flexibility index (Phi) is 3.21. The third kappa shape index (κ3) is 2.42. The molecule has 23 heavy (non-hydrogen) atoms. The normalized spacial score (nSPS) is 24.5. The molecule has 1 atom stereocenters. The third-order valence-electron chi connectivity index (χ3n) is 4.71. The van der Waals surface area contributed by atoms with Gasteiger partial charge in [-0.1, -0.05) is 6.07 Å². The summed E-state index contributed by atoms with van der Waals surface area (Å²) in [7, 11) is 0. The van der Waals surface area contributed by atoms with Gasteiger partial charge in [-0.3, -0.25) is 4.79 Å². The number of alkyl carbamates (subject to hydrolysis) is 1. The smallest absolute Gasteiger partial charge is 0.407 e. The molecule has 2 aromatic rings. The van der Waals surface area contributed by atoms with Gasteiger partial charge in [0.25, 0.3) is 5.91 Å². The Balaban J connectivity index is 1.54. The first-order chi connectivity index (χ1) is 11.2. The van der Waals surface area contributed by atoms with Crippen molar-refractivity contribution in [3.8, 4) is 0 Å². The molecule has 0 bridgehead atoms. The summed E-state index contributed by atoms with van der Waals surface area (Å²) in [6.45, 7) is 1.78. The van der Waals surface area contributed by atoms with Gasteiger partial charge < -0.3 is 15.0 Å². The number of aromatic nitrogens is 2. The van der Waals surface area contributed by atoms with Crippen molar-refractivity contribution >= 4 is 17.5 Å². The lowest BCUT2D eigenvalue weighted by Crippen LogP contribution is -2.36. The standard InChI is InChI=1S/C16H18N4O3/c21-14(12-10-18-20-8-2-1-4-13(12)20)19-7-3-5-16(6-9-19)11-17-15(22)23-16/h1-2,4,8,10H,3,5-7,9,11H2,(H,17,22)/t16-/m0/s1. The molecule has 0 radical (unpaired) electrons. The van der Waals surface area contributed by atoms with Crippen LogP contribution >= 0.6 is 0 Å². The van der Waals surface area contributed by atoms with Crippen LogP contribution in [0.2, 0.25) is 0 Å². The number of ether oxygens (including phenoxy) is 1. The number of hydrogen-bond acceptors (Lipinski definition) is 4. The van der Waals surface area contributed by atoms with Crippen LogP contribution in [0, 0.1) is 0 Å². The number of likely N-dealkylation sites (tertiary alicyclic amines) is 1. The summed E-state index contributed by atoms with van der Waals surface area (Å²) >= 11 is 0. The van der Waals surface area contributed by atoms with Crippen LogP contribution in [0.5, 0.6) is 0 Å². The fourth-order valence-electron chi connectivity index (χ4n) is 3.42. The van der Waals surface area contributed by atoms with Crippen LogP contribution in [-0.2, 0) is 4.74 Å². The zero-order valence-corrected chi connectivity index (χ0v) is 12.7. The Morgan fingerprint density at radius 1 is 1.30 bits per heavy atom. The lowest BCUT2D eigenvalue weighted by atomic mass is 9.95. The lowest BCUT2D eigenvalue weighted by molar-refractivity contribution is 0.0439. The molecule has 2 saturated heterocycles. The van der Waals surface area contributed by atoms with Crippen molar-refractivity contribution in [2.24, 2.45) is 0 Å². The molecule has 1 N–H and O–H groups in total. The molecule has 4 heterocycles. The first-order valence-corrected chi connectivity index (χ1v) is 7.85. The minimum Gasteiger partial charge on any atom is -0.441 e. The summed E-state index contributed by atoms with van der Waals surface area (Å²) in [5.74, 6) is -0.0134. The molecule has 0 aromatic carbocycles. The van der Waals surface area contributed by atoms with Crippen molar-refractivity contribution in [1.29, 1.82) is 0 Å². The van der Waals surface area contributed by atoms with Gasteiger partial charge in [0.15, 0.2) is 0 Å². The van der Waals surface area contributed by atoms with Gasteiger partial charge in [0, 0.05) is 25.7 Å². The van der Waals surface area contributed by atoms with Gasteiger partial charge >= 0.3 is 6.09 Å². The second kappa shape index (κ2) is 5.26. The monoisotopic (exact) mass is 314 g/mol. The maximum Gasteiger partial charge on any atom is 0.407 e. The average Bonchev–Trinajstić information content (AvgIpc) is 3.07. The fraction of sp³-hybridized carbons (Fsp3) is 0.438. The molecule has 0 aliphatic carbocycles. The molecule has 2 fully saturated rings. The van der Waals surface area contributed by atoms with E-state index in [2.05, 4.69) is 10.4 Å². The number of carbonyl (C=O) groups excluding carboxylic acids is 2. The number of pyridine rings is 1. The summed E-state index contributed by atoms with van der Waals surface area (Å²) in [5.41, 5.74) is 0.973. The Hall–Kier alpha value is -2.57. The Labute approximate surface area is 133 Å². The molecule has 7 nitrogen and oxygen atoms in total. The molecule has 0 unspecified atom stereocenters.